The van der Waals surface area contributed by atoms with Crippen LogP contribution in [-0.4, -0.2) is 103 Å². The Morgan fingerprint density at radius 3 is 2.63 bits per heavy atom. The average molecular weight is 643 g/mol. The van der Waals surface area contributed by atoms with Crippen LogP contribution in [0, 0.1) is 0 Å². The summed E-state index contributed by atoms with van der Waals surface area (Å²) in [6, 6.07) is -2.84. The van der Waals surface area contributed by atoms with Crippen LogP contribution in [0.15, 0.2) is 21.7 Å². The number of aromatic nitrogens is 4. The molecule has 2 aromatic heterocycles. The number of nitrogens with zero attached hydrogens (tertiary/aromatic N) is 7. The van der Waals surface area contributed by atoms with Gasteiger partial charge in [-0.05, 0) is 12.8 Å². The second-order valence-electron chi connectivity index (χ2n) is 9.55. The topological polar surface area (TPSA) is 309 Å². The SMILES string of the molecule is NCCNC(N)=NCc1cnn(C[C@@H]2[C@H](NC(=O)/C(=N\OC3(C(=O)O)CCCC3)c3csc(N)n3)C(=O)N2S(=O)(=O)O)n1. The third-order valence-corrected chi connectivity index (χ3v) is 8.21. The average Bonchev–Trinajstić information content (AvgIpc) is 3.70. The number of carboxylic acid groups (broad SMARTS) is 1. The van der Waals surface area contributed by atoms with Gasteiger partial charge >= 0.3 is 16.3 Å². The highest BCUT2D eigenvalue weighted by Crippen LogP contribution is 2.34. The number of carbonyl (C=O) groups excluding carboxylic acids is 2. The van der Waals surface area contributed by atoms with Crippen LogP contribution in [-0.2, 0) is 42.6 Å². The Morgan fingerprint density at radius 1 is 1.30 bits per heavy atom. The molecule has 0 radical (unpaired) electrons. The van der Waals surface area contributed by atoms with Crippen molar-refractivity contribution in [3.8, 4) is 0 Å². The van der Waals surface area contributed by atoms with E-state index in [0.29, 0.717) is 31.6 Å². The minimum atomic E-state index is -5.03. The van der Waals surface area contributed by atoms with E-state index in [9.17, 15) is 32.5 Å². The zero-order valence-electron chi connectivity index (χ0n) is 22.5. The lowest BCUT2D eigenvalue weighted by Gasteiger charge is -2.43. The molecule has 2 aliphatic rings. The predicted octanol–water partition coefficient (Wildman–Crippen LogP) is -3.00. The number of thiazole rings is 1. The second kappa shape index (κ2) is 12.8. The number of amides is 2. The van der Waals surface area contributed by atoms with Crippen molar-refractivity contribution < 1.29 is 37.3 Å². The summed E-state index contributed by atoms with van der Waals surface area (Å²) in [6.07, 6.45) is 2.80. The number of carboxylic acids is 1. The largest absolute Gasteiger partial charge is 0.478 e. The highest BCUT2D eigenvalue weighted by atomic mass is 32.2. The molecular weight excluding hydrogens is 612 g/mol. The van der Waals surface area contributed by atoms with Gasteiger partial charge in [-0.3, -0.25) is 14.1 Å². The lowest BCUT2D eigenvalue weighted by atomic mass is 9.98. The molecule has 4 rings (SSSR count). The van der Waals surface area contributed by atoms with Crippen LogP contribution in [0.2, 0.25) is 0 Å². The molecule has 0 bridgehead atoms. The number of nitrogen functional groups attached to an aromatic ring is 1. The first kappa shape index (κ1) is 31.5. The van der Waals surface area contributed by atoms with Crippen molar-refractivity contribution in [3.63, 3.8) is 0 Å². The summed E-state index contributed by atoms with van der Waals surface area (Å²) in [4.78, 5) is 52.5. The molecule has 234 valence electrons. The van der Waals surface area contributed by atoms with E-state index in [2.05, 4.69) is 36.0 Å². The van der Waals surface area contributed by atoms with E-state index < -0.39 is 51.5 Å². The molecule has 43 heavy (non-hydrogen) atoms. The van der Waals surface area contributed by atoms with Crippen LogP contribution in [0.25, 0.3) is 0 Å². The van der Waals surface area contributed by atoms with Crippen LogP contribution >= 0.6 is 11.3 Å². The zero-order valence-corrected chi connectivity index (χ0v) is 24.1. The highest BCUT2D eigenvalue weighted by molar-refractivity contribution is 7.84. The molecule has 0 aromatic carbocycles. The Balaban J connectivity index is 1.54. The van der Waals surface area contributed by atoms with Gasteiger partial charge in [0.05, 0.1) is 19.3 Å². The maximum atomic E-state index is 13.4. The van der Waals surface area contributed by atoms with Crippen LogP contribution in [0.5, 0.6) is 0 Å². The Bertz CT molecular complexity index is 1530. The first-order valence-electron chi connectivity index (χ1n) is 12.8. The molecule has 2 fully saturated rings. The van der Waals surface area contributed by atoms with Crippen molar-refractivity contribution >= 4 is 56.2 Å². The first-order valence-corrected chi connectivity index (χ1v) is 15.1. The molecule has 2 atom stereocenters. The second-order valence-corrected chi connectivity index (χ2v) is 11.7. The molecule has 20 nitrogen and oxygen atoms in total. The molecule has 1 aliphatic carbocycles. The smallest absolute Gasteiger partial charge is 0.362 e. The number of hydrogen-bond acceptors (Lipinski definition) is 14. The van der Waals surface area contributed by atoms with Crippen molar-refractivity contribution in [1.82, 2.24) is 34.9 Å². The van der Waals surface area contributed by atoms with Crippen molar-refractivity contribution in [2.75, 3.05) is 18.8 Å². The fraction of sp³-hybridized carbons (Fsp3) is 0.524. The first-order chi connectivity index (χ1) is 20.3. The van der Waals surface area contributed by atoms with Gasteiger partial charge in [-0.15, -0.1) is 11.3 Å². The maximum absolute atomic E-state index is 13.4. The van der Waals surface area contributed by atoms with E-state index in [1.807, 2.05) is 0 Å². The van der Waals surface area contributed by atoms with Crippen molar-refractivity contribution in [2.45, 2.75) is 56.5 Å². The number of aliphatic imine (C=N–C) groups is 1. The number of aliphatic carboxylic acids is 1. The summed E-state index contributed by atoms with van der Waals surface area (Å²) in [7, 11) is -5.03. The van der Waals surface area contributed by atoms with Gasteiger partial charge < -0.3 is 37.8 Å². The Hall–Kier alpha value is -4.41. The summed E-state index contributed by atoms with van der Waals surface area (Å²) < 4.78 is 33.8. The summed E-state index contributed by atoms with van der Waals surface area (Å²) in [5, 5.41) is 28.3. The molecule has 22 heteroatoms. The minimum absolute atomic E-state index is 0.0175. The number of oxime groups is 1. The molecule has 10 N–H and O–H groups in total. The van der Waals surface area contributed by atoms with E-state index >= 15 is 0 Å². The molecule has 2 aromatic rings. The maximum Gasteiger partial charge on any atom is 0.362 e. The number of anilines is 1. The highest BCUT2D eigenvalue weighted by Gasteiger charge is 2.55. The van der Waals surface area contributed by atoms with Crippen molar-refractivity contribution in [3.05, 3.63) is 23.0 Å². The molecule has 1 saturated carbocycles. The summed E-state index contributed by atoms with van der Waals surface area (Å²) in [5.74, 6) is -3.32. The molecule has 3 heterocycles. The van der Waals surface area contributed by atoms with E-state index in [1.54, 1.807) is 0 Å². The van der Waals surface area contributed by atoms with Crippen LogP contribution in [0.3, 0.4) is 0 Å². The van der Waals surface area contributed by atoms with Gasteiger partial charge in [-0.25, -0.2) is 19.1 Å². The van der Waals surface area contributed by atoms with E-state index in [0.717, 1.165) is 16.1 Å². The molecule has 0 spiro atoms. The number of hydrogen-bond donors (Lipinski definition) is 7. The number of β-lactam (4-membered cyclic amide) rings is 1. The number of carbonyl (C=O) groups is 3. The molecular formula is C21H30N12O8S2. The number of rotatable bonds is 13. The fourth-order valence-electron chi connectivity index (χ4n) is 4.46. The van der Waals surface area contributed by atoms with Crippen LogP contribution in [0.1, 0.15) is 37.1 Å². The molecule has 1 aliphatic heterocycles. The van der Waals surface area contributed by atoms with Gasteiger partial charge in [0.1, 0.15) is 23.5 Å². The fourth-order valence-corrected chi connectivity index (χ4v) is 5.88. The number of guanidine groups is 1. The van der Waals surface area contributed by atoms with Crippen molar-refractivity contribution in [2.24, 2.45) is 21.6 Å². The van der Waals surface area contributed by atoms with E-state index in [1.165, 1.54) is 11.6 Å². The van der Waals surface area contributed by atoms with Gasteiger partial charge in [0.2, 0.25) is 5.60 Å². The normalized spacial score (nSPS) is 20.5. The number of nitrogens with two attached hydrogens (primary N) is 3. The van der Waals surface area contributed by atoms with Crippen molar-refractivity contribution in [1.29, 1.82) is 0 Å². The van der Waals surface area contributed by atoms with Gasteiger partial charge in [-0.1, -0.05) is 5.16 Å². The van der Waals surface area contributed by atoms with Crippen LogP contribution in [0.4, 0.5) is 5.13 Å². The molecule has 2 amide bonds. The Labute approximate surface area is 248 Å². The van der Waals surface area contributed by atoms with E-state index in [4.69, 9.17) is 22.0 Å². The monoisotopic (exact) mass is 642 g/mol. The van der Waals surface area contributed by atoms with Gasteiger partial charge in [0.15, 0.2) is 16.8 Å². The minimum Gasteiger partial charge on any atom is -0.478 e. The zero-order chi connectivity index (χ0) is 31.4. The summed E-state index contributed by atoms with van der Waals surface area (Å²) >= 11 is 0.971. The van der Waals surface area contributed by atoms with Gasteiger partial charge in [0.25, 0.3) is 11.8 Å². The standard InChI is InChI=1S/C21H30N12O8S2/c22-5-6-25-19(23)26-7-11-8-27-32(30-11)9-13-15(17(35)33(13)43(38,39)40)29-16(34)14(12-10-42-20(24)28-12)31-41-21(18(36)37)3-1-2-4-21/h8,10,13,15H,1-7,9,22H2,(H2,24,28)(H,29,34)(H,36,37)(H3,23,25,26)(H,38,39,40)/b31-14-/t13-,15+/m1/s1. The van der Waals surface area contributed by atoms with Crippen LogP contribution < -0.4 is 27.8 Å². The molecule has 0 unspecified atom stereocenters. The lowest BCUT2D eigenvalue weighted by Crippen LogP contribution is -2.73. The van der Waals surface area contributed by atoms with Gasteiger partial charge in [0, 0.05) is 31.3 Å². The summed E-state index contributed by atoms with van der Waals surface area (Å²) in [5.41, 5.74) is 14.9. The third kappa shape index (κ3) is 7.15. The Morgan fingerprint density at radius 2 is 2.02 bits per heavy atom. The predicted molar refractivity (Wildman–Crippen MR) is 150 cm³/mol. The quantitative estimate of drug-likeness (QED) is 0.0376. The van der Waals surface area contributed by atoms with E-state index in [-0.39, 0.29) is 47.0 Å². The van der Waals surface area contributed by atoms with Gasteiger partial charge in [-0.2, -0.15) is 23.4 Å². The third-order valence-electron chi connectivity index (χ3n) is 6.59. The summed E-state index contributed by atoms with van der Waals surface area (Å²) in [6.45, 7) is 0.403. The Kier molecular flexibility index (Phi) is 9.42. The molecule has 1 saturated heterocycles. The lowest BCUT2D eigenvalue weighted by molar-refractivity contribution is -0.165. The number of nitrogens with one attached hydrogen (secondary N) is 2.